The van der Waals surface area contributed by atoms with Crippen LogP contribution in [0.2, 0.25) is 0 Å². The molecule has 3 aliphatic rings. The van der Waals surface area contributed by atoms with Crippen molar-refractivity contribution < 1.29 is 14.5 Å². The van der Waals surface area contributed by atoms with Crippen molar-refractivity contribution in [1.29, 1.82) is 0 Å². The Labute approximate surface area is 250 Å². The standard InChI is InChI=1S/C34H44N6O2/c1-9-11-13-39-17-15-37(7)33(39)31(41)35-29-23(3)19-27(20-24(29)4)28-21-25(5)30(26(6)22-28)36-32(42)34-38(8)16-18-40(34)14-12-10-2/h15-22H,9-14H2,1-8H3/p+1/b28-27?,33-31+,35-29?,36-30?. The summed E-state index contributed by atoms with van der Waals surface area (Å²) >= 11 is 0. The molecule has 8 nitrogen and oxygen atoms in total. The lowest BCUT2D eigenvalue weighted by Crippen LogP contribution is -2.35. The number of allylic oxidation sites excluding steroid dienone is 10. The highest BCUT2D eigenvalue weighted by atomic mass is 16.3. The predicted molar refractivity (Wildman–Crippen MR) is 170 cm³/mol. The van der Waals surface area contributed by atoms with Gasteiger partial charge < -0.3 is 14.9 Å². The van der Waals surface area contributed by atoms with Gasteiger partial charge in [0.05, 0.1) is 25.0 Å². The Hall–Kier alpha value is -4.20. The number of amides is 1. The van der Waals surface area contributed by atoms with Crippen molar-refractivity contribution >= 4 is 17.3 Å². The molecule has 0 radical (unpaired) electrons. The van der Waals surface area contributed by atoms with Gasteiger partial charge in [0.25, 0.3) is 5.88 Å². The Bertz CT molecular complexity index is 1490. The first-order valence-corrected chi connectivity index (χ1v) is 14.9. The second kappa shape index (κ2) is 13.2. The summed E-state index contributed by atoms with van der Waals surface area (Å²) in [6, 6.07) is 0. The molecular weight excluding hydrogens is 524 g/mol. The van der Waals surface area contributed by atoms with E-state index in [1.54, 1.807) is 0 Å². The number of carbonyl (C=O) groups is 1. The van der Waals surface area contributed by atoms with Crippen LogP contribution in [0, 0.1) is 0 Å². The zero-order chi connectivity index (χ0) is 30.6. The lowest BCUT2D eigenvalue weighted by molar-refractivity contribution is -0.673. The maximum absolute atomic E-state index is 13.3. The lowest BCUT2D eigenvalue weighted by atomic mass is 9.87. The number of aliphatic hydroxyl groups is 1. The number of imidazole rings is 1. The molecule has 8 heteroatoms. The van der Waals surface area contributed by atoms with Gasteiger partial charge in [-0.1, -0.05) is 26.7 Å². The quantitative estimate of drug-likeness (QED) is 0.288. The van der Waals surface area contributed by atoms with Crippen molar-refractivity contribution in [1.82, 2.24) is 14.4 Å². The predicted octanol–water partition coefficient (Wildman–Crippen LogP) is 6.45. The van der Waals surface area contributed by atoms with Crippen molar-refractivity contribution in [2.75, 3.05) is 13.6 Å². The third-order valence-electron chi connectivity index (χ3n) is 7.80. The monoisotopic (exact) mass is 569 g/mol. The zero-order valence-corrected chi connectivity index (χ0v) is 26.4. The Kier molecular flexibility index (Phi) is 9.66. The normalized spacial score (nSPS) is 18.3. The summed E-state index contributed by atoms with van der Waals surface area (Å²) in [5.41, 5.74) is 7.44. The van der Waals surface area contributed by atoms with Gasteiger partial charge in [-0.3, -0.25) is 4.79 Å². The molecule has 0 aromatic carbocycles. The summed E-state index contributed by atoms with van der Waals surface area (Å²) in [4.78, 5) is 26.5. The fourth-order valence-electron chi connectivity index (χ4n) is 5.53. The highest BCUT2D eigenvalue weighted by Gasteiger charge is 2.26. The number of nitrogens with zero attached hydrogens (tertiary/aromatic N) is 6. The van der Waals surface area contributed by atoms with Gasteiger partial charge in [-0.25, -0.2) is 19.1 Å². The van der Waals surface area contributed by atoms with Gasteiger partial charge in [0.1, 0.15) is 12.4 Å². The van der Waals surface area contributed by atoms with E-state index in [-0.39, 0.29) is 11.8 Å². The fraction of sp³-hybridized carbons (Fsp3) is 0.412. The highest BCUT2D eigenvalue weighted by Crippen LogP contribution is 2.30. The highest BCUT2D eigenvalue weighted by molar-refractivity contribution is 6.19. The first kappa shape index (κ1) is 30.8. The molecule has 4 rings (SSSR count). The van der Waals surface area contributed by atoms with Crippen LogP contribution in [0.25, 0.3) is 0 Å². The molecule has 42 heavy (non-hydrogen) atoms. The molecule has 1 aliphatic heterocycles. The number of aryl methyl sites for hydroxylation is 2. The van der Waals surface area contributed by atoms with Crippen LogP contribution in [0.4, 0.5) is 0 Å². The molecule has 0 unspecified atom stereocenters. The number of hydrogen-bond donors (Lipinski definition) is 1. The summed E-state index contributed by atoms with van der Waals surface area (Å²) in [6.07, 6.45) is 20.3. The second-order valence-corrected chi connectivity index (χ2v) is 11.3. The molecule has 0 bridgehead atoms. The van der Waals surface area contributed by atoms with Crippen molar-refractivity contribution in [3.05, 3.63) is 100 Å². The Morgan fingerprint density at radius 2 is 1.36 bits per heavy atom. The minimum atomic E-state index is -0.236. The molecule has 0 spiro atoms. The number of unbranched alkanes of at least 4 members (excludes halogenated alkanes) is 2. The van der Waals surface area contributed by atoms with Crippen LogP contribution in [0.1, 0.15) is 77.8 Å². The van der Waals surface area contributed by atoms with Crippen LogP contribution in [-0.4, -0.2) is 50.4 Å². The number of carbonyl (C=O) groups excluding carboxylic acids is 1. The SMILES string of the molecule is CCCCN1C=CN(C)/C1=C(\O)N=C1C(C)=CC(=C2C=C(C)C(=NC(=O)c3n(CCCC)cc[n+]3C)C(C)=C2)C=C1C. The molecule has 1 N–H and O–H groups in total. The van der Waals surface area contributed by atoms with Crippen LogP contribution >= 0.6 is 0 Å². The summed E-state index contributed by atoms with van der Waals surface area (Å²) < 4.78 is 3.83. The molecule has 0 saturated heterocycles. The molecule has 1 aromatic heterocycles. The van der Waals surface area contributed by atoms with Gasteiger partial charge in [-0.05, 0) is 98.3 Å². The maximum Gasteiger partial charge on any atom is 0.360 e. The Balaban J connectivity index is 1.62. The number of aliphatic hydroxyl groups excluding tert-OH is 1. The van der Waals surface area contributed by atoms with Crippen LogP contribution in [-0.2, 0) is 13.6 Å². The lowest BCUT2D eigenvalue weighted by Gasteiger charge is -2.23. The molecule has 0 fully saturated rings. The van der Waals surface area contributed by atoms with E-state index >= 15 is 0 Å². The largest absolute Gasteiger partial charge is 0.491 e. The van der Waals surface area contributed by atoms with Gasteiger partial charge in [-0.15, -0.1) is 0 Å². The summed E-state index contributed by atoms with van der Waals surface area (Å²) in [7, 11) is 3.81. The van der Waals surface area contributed by atoms with Crippen LogP contribution in [0.15, 0.2) is 104 Å². The summed E-state index contributed by atoms with van der Waals surface area (Å²) in [6.45, 7) is 14.0. The van der Waals surface area contributed by atoms with Gasteiger partial charge in [0.2, 0.25) is 0 Å². The summed E-state index contributed by atoms with van der Waals surface area (Å²) in [5, 5.41) is 11.0. The minimum absolute atomic E-state index is 0.00844. The molecular formula is C34H45N6O2+. The van der Waals surface area contributed by atoms with Crippen LogP contribution in [0.3, 0.4) is 0 Å². The molecule has 1 aromatic rings. The van der Waals surface area contributed by atoms with Crippen molar-refractivity contribution in [2.45, 2.75) is 73.8 Å². The van der Waals surface area contributed by atoms with Gasteiger partial charge in [0, 0.05) is 26.0 Å². The third kappa shape index (κ3) is 6.48. The molecule has 0 saturated carbocycles. The Morgan fingerprint density at radius 3 is 1.90 bits per heavy atom. The second-order valence-electron chi connectivity index (χ2n) is 11.3. The van der Waals surface area contributed by atoms with Gasteiger partial charge in [0.15, 0.2) is 5.82 Å². The fourth-order valence-corrected chi connectivity index (χ4v) is 5.53. The van der Waals surface area contributed by atoms with E-state index in [1.165, 1.54) is 0 Å². The van der Waals surface area contributed by atoms with Crippen molar-refractivity contribution in [2.24, 2.45) is 17.0 Å². The third-order valence-corrected chi connectivity index (χ3v) is 7.80. The number of hydrogen-bond acceptors (Lipinski definition) is 5. The van der Waals surface area contributed by atoms with Gasteiger partial charge >= 0.3 is 11.7 Å². The summed E-state index contributed by atoms with van der Waals surface area (Å²) in [5.74, 6) is 1.05. The number of aliphatic imine (C=N–C) groups is 2. The molecule has 222 valence electrons. The topological polar surface area (TPSA) is 77.3 Å². The van der Waals surface area contributed by atoms with Crippen LogP contribution < -0.4 is 4.57 Å². The Morgan fingerprint density at radius 1 is 0.833 bits per heavy atom. The van der Waals surface area contributed by atoms with E-state index < -0.39 is 0 Å². The van der Waals surface area contributed by atoms with Crippen molar-refractivity contribution in [3.8, 4) is 0 Å². The van der Waals surface area contributed by atoms with E-state index in [9.17, 15) is 9.90 Å². The molecule has 0 atom stereocenters. The van der Waals surface area contributed by atoms with Gasteiger partial charge in [-0.2, -0.15) is 0 Å². The smallest absolute Gasteiger partial charge is 0.360 e. The van der Waals surface area contributed by atoms with Crippen molar-refractivity contribution in [3.63, 3.8) is 0 Å². The zero-order valence-electron chi connectivity index (χ0n) is 26.4. The minimum Gasteiger partial charge on any atom is -0.491 e. The average Bonchev–Trinajstić information content (AvgIpc) is 3.51. The molecule has 2 heterocycles. The first-order valence-electron chi connectivity index (χ1n) is 14.9. The first-order chi connectivity index (χ1) is 20.0. The van der Waals surface area contributed by atoms with Crippen LogP contribution in [0.5, 0.6) is 0 Å². The number of aromatic nitrogens is 2. The molecule has 2 aliphatic carbocycles. The van der Waals surface area contributed by atoms with E-state index in [2.05, 4.69) is 48.1 Å². The van der Waals surface area contributed by atoms with E-state index in [0.717, 1.165) is 77.9 Å². The number of rotatable bonds is 8. The average molecular weight is 570 g/mol. The molecule has 1 amide bonds. The maximum atomic E-state index is 13.3. The van der Waals surface area contributed by atoms with E-state index in [0.29, 0.717) is 17.4 Å². The van der Waals surface area contributed by atoms with E-state index in [1.807, 2.05) is 85.5 Å². The van der Waals surface area contributed by atoms with E-state index in [4.69, 9.17) is 0 Å².